The summed E-state index contributed by atoms with van der Waals surface area (Å²) in [5.74, 6) is -2.47. The Kier molecular flexibility index (Phi) is 11.9. The maximum absolute atomic E-state index is 14.0. The van der Waals surface area contributed by atoms with Gasteiger partial charge < -0.3 is 29.9 Å². The molecule has 1 aromatic carbocycles. The van der Waals surface area contributed by atoms with Crippen molar-refractivity contribution in [3.8, 4) is 5.75 Å². The number of hydrogen-bond acceptors (Lipinski definition) is 7. The van der Waals surface area contributed by atoms with E-state index in [4.69, 9.17) is 9.47 Å². The van der Waals surface area contributed by atoms with Crippen LogP contribution in [0, 0.1) is 30.6 Å². The summed E-state index contributed by atoms with van der Waals surface area (Å²) in [6.45, 7) is 15.6. The quantitative estimate of drug-likeness (QED) is 0.196. The molecule has 0 radical (unpaired) electrons. The van der Waals surface area contributed by atoms with Crippen LogP contribution in [-0.2, 0) is 20.7 Å². The van der Waals surface area contributed by atoms with Gasteiger partial charge in [-0.2, -0.15) is 0 Å². The Labute approximate surface area is 258 Å². The first-order chi connectivity index (χ1) is 20.2. The predicted octanol–water partition coefficient (Wildman–Crippen LogP) is 6.23. The van der Waals surface area contributed by atoms with Gasteiger partial charge in [0.05, 0.1) is 35.6 Å². The minimum Gasteiger partial charge on any atom is -0.507 e. The fourth-order valence-electron chi connectivity index (χ4n) is 7.77. The van der Waals surface area contributed by atoms with Crippen molar-refractivity contribution >= 4 is 11.8 Å². The maximum Gasteiger partial charge on any atom is 0.339 e. The number of phenols is 1. The van der Waals surface area contributed by atoms with Crippen LogP contribution in [0.25, 0.3) is 0 Å². The molecule has 0 amide bonds. The Morgan fingerprint density at radius 2 is 1.77 bits per heavy atom. The molecular weight excluding hydrogens is 548 g/mol. The van der Waals surface area contributed by atoms with E-state index in [1.54, 1.807) is 26.0 Å². The Balaban J connectivity index is 1.73. The number of aromatic hydroxyl groups is 1. The number of carboxylic acids is 1. The lowest BCUT2D eigenvalue weighted by atomic mass is 9.75. The molecule has 3 rings (SSSR count). The van der Waals surface area contributed by atoms with Crippen LogP contribution >= 0.6 is 0 Å². The third-order valence-electron chi connectivity index (χ3n) is 11.0. The topological polar surface area (TPSA) is 134 Å². The van der Waals surface area contributed by atoms with Crippen LogP contribution < -0.4 is 0 Å². The lowest BCUT2D eigenvalue weighted by Gasteiger charge is -2.47. The summed E-state index contributed by atoms with van der Waals surface area (Å²) in [5.41, 5.74) is -0.418. The van der Waals surface area contributed by atoms with Gasteiger partial charge in [-0.15, -0.1) is 0 Å². The van der Waals surface area contributed by atoms with Gasteiger partial charge in [0.15, 0.2) is 0 Å². The van der Waals surface area contributed by atoms with E-state index in [2.05, 4.69) is 13.8 Å². The van der Waals surface area contributed by atoms with E-state index in [1.165, 1.54) is 0 Å². The summed E-state index contributed by atoms with van der Waals surface area (Å²) < 4.78 is 13.3. The molecule has 8 heteroatoms. The standard InChI is InChI=1S/C35H56O8/c1-9-24(15-16-25-14-13-20(5)29(36)28(25)33(39)40)30(37)22(7)31(38)26(10-2)32-21(6)19-35(12-4,43-32)27-17-18-34(41,11-3)23(8)42-27/h13-14,21-24,26-27,30,32,36-37,41H,9-12,15-19H2,1-8H3,(H,39,40). The van der Waals surface area contributed by atoms with Crippen LogP contribution in [0.15, 0.2) is 12.1 Å². The molecule has 2 aliphatic heterocycles. The number of aliphatic hydroxyl groups excluding tert-OH is 1. The van der Waals surface area contributed by atoms with Crippen molar-refractivity contribution in [3.63, 3.8) is 0 Å². The first kappa shape index (κ1) is 35.5. The Morgan fingerprint density at radius 3 is 2.30 bits per heavy atom. The number of rotatable bonds is 14. The van der Waals surface area contributed by atoms with Gasteiger partial charge in [0.2, 0.25) is 0 Å². The number of aromatic carboxylic acids is 1. The SMILES string of the molecule is CCC(CCc1ccc(C)c(O)c1C(=O)O)C(O)C(C)C(=O)C(CC)C1OC(CC)(C2CCC(O)(CC)C(C)O2)CC1C. The van der Waals surface area contributed by atoms with Gasteiger partial charge in [0, 0.05) is 11.8 Å². The Bertz CT molecular complexity index is 1120. The number of Topliss-reactive ketones (excluding diaryl/α,β-unsaturated/α-hetero) is 1. The average Bonchev–Trinajstić information content (AvgIpc) is 3.33. The molecule has 10 unspecified atom stereocenters. The summed E-state index contributed by atoms with van der Waals surface area (Å²) >= 11 is 0. The average molecular weight is 605 g/mol. The van der Waals surface area contributed by atoms with Gasteiger partial charge in [-0.05, 0) is 88.2 Å². The van der Waals surface area contributed by atoms with Gasteiger partial charge >= 0.3 is 5.97 Å². The molecule has 4 N–H and O–H groups in total. The maximum atomic E-state index is 14.0. The van der Waals surface area contributed by atoms with E-state index in [-0.39, 0.29) is 53.2 Å². The van der Waals surface area contributed by atoms with Crippen LogP contribution in [-0.4, -0.2) is 67.8 Å². The van der Waals surface area contributed by atoms with Gasteiger partial charge in [0.1, 0.15) is 17.1 Å². The minimum absolute atomic E-state index is 0.00491. The molecule has 10 atom stereocenters. The van der Waals surface area contributed by atoms with Crippen LogP contribution in [0.4, 0.5) is 0 Å². The third kappa shape index (κ3) is 7.13. The highest BCUT2D eigenvalue weighted by atomic mass is 16.6. The van der Waals surface area contributed by atoms with E-state index in [9.17, 15) is 30.0 Å². The monoisotopic (exact) mass is 604 g/mol. The second-order valence-corrected chi connectivity index (χ2v) is 13.4. The van der Waals surface area contributed by atoms with Gasteiger partial charge in [-0.1, -0.05) is 60.1 Å². The second-order valence-electron chi connectivity index (χ2n) is 13.4. The number of carboxylic acid groups (broad SMARTS) is 1. The molecule has 2 saturated heterocycles. The zero-order valence-electron chi connectivity index (χ0n) is 27.6. The molecule has 0 aromatic heterocycles. The number of aryl methyl sites for hydroxylation is 2. The number of ether oxygens (including phenoxy) is 2. The molecule has 43 heavy (non-hydrogen) atoms. The number of carbonyl (C=O) groups is 2. The smallest absolute Gasteiger partial charge is 0.339 e. The highest BCUT2D eigenvalue weighted by Gasteiger charge is 2.55. The van der Waals surface area contributed by atoms with Gasteiger partial charge in [-0.3, -0.25) is 4.79 Å². The van der Waals surface area contributed by atoms with Crippen molar-refractivity contribution in [3.05, 3.63) is 28.8 Å². The summed E-state index contributed by atoms with van der Waals surface area (Å²) in [6.07, 6.45) is 4.02. The summed E-state index contributed by atoms with van der Waals surface area (Å²) in [4.78, 5) is 25.8. The zero-order chi connectivity index (χ0) is 32.3. The van der Waals surface area contributed by atoms with E-state index in [1.807, 2.05) is 27.7 Å². The summed E-state index contributed by atoms with van der Waals surface area (Å²) in [5, 5.41) is 42.4. The van der Waals surface area contributed by atoms with Crippen LogP contribution in [0.1, 0.15) is 121 Å². The van der Waals surface area contributed by atoms with E-state index in [0.29, 0.717) is 56.1 Å². The van der Waals surface area contributed by atoms with Crippen molar-refractivity contribution in [2.75, 3.05) is 0 Å². The fraction of sp³-hybridized carbons (Fsp3) is 0.771. The third-order valence-corrected chi connectivity index (χ3v) is 11.0. The van der Waals surface area contributed by atoms with Crippen molar-refractivity contribution in [1.82, 2.24) is 0 Å². The van der Waals surface area contributed by atoms with Crippen LogP contribution in [0.3, 0.4) is 0 Å². The molecule has 2 heterocycles. The van der Waals surface area contributed by atoms with Gasteiger partial charge in [-0.25, -0.2) is 4.79 Å². The molecule has 0 bridgehead atoms. The van der Waals surface area contributed by atoms with Crippen molar-refractivity contribution in [2.24, 2.45) is 23.7 Å². The molecular formula is C35H56O8. The first-order valence-corrected chi connectivity index (χ1v) is 16.5. The van der Waals surface area contributed by atoms with Gasteiger partial charge in [0.25, 0.3) is 0 Å². The highest BCUT2D eigenvalue weighted by molar-refractivity contribution is 5.93. The van der Waals surface area contributed by atoms with Crippen LogP contribution in [0.2, 0.25) is 0 Å². The predicted molar refractivity (Wildman–Crippen MR) is 166 cm³/mol. The van der Waals surface area contributed by atoms with E-state index >= 15 is 0 Å². The minimum atomic E-state index is -1.18. The lowest BCUT2D eigenvalue weighted by molar-refractivity contribution is -0.229. The second kappa shape index (κ2) is 14.4. The number of aliphatic hydroxyl groups is 2. The van der Waals surface area contributed by atoms with Crippen molar-refractivity contribution in [1.29, 1.82) is 0 Å². The van der Waals surface area contributed by atoms with E-state index < -0.39 is 29.2 Å². The van der Waals surface area contributed by atoms with Crippen molar-refractivity contribution in [2.45, 2.75) is 149 Å². The number of ketones is 1. The van der Waals surface area contributed by atoms with Crippen LogP contribution in [0.5, 0.6) is 5.75 Å². The molecule has 0 spiro atoms. The molecule has 2 fully saturated rings. The van der Waals surface area contributed by atoms with Crippen molar-refractivity contribution < 1.29 is 39.5 Å². The summed E-state index contributed by atoms with van der Waals surface area (Å²) in [6, 6.07) is 3.42. The zero-order valence-corrected chi connectivity index (χ0v) is 27.6. The first-order valence-electron chi connectivity index (χ1n) is 16.5. The highest BCUT2D eigenvalue weighted by Crippen LogP contribution is 2.48. The molecule has 244 valence electrons. The normalized spacial score (nSPS) is 32.2. The van der Waals surface area contributed by atoms with E-state index in [0.717, 1.165) is 12.8 Å². The molecule has 0 aliphatic carbocycles. The number of hydrogen-bond donors (Lipinski definition) is 4. The lowest BCUT2D eigenvalue weighted by Crippen LogP contribution is -2.55. The molecule has 2 aliphatic rings. The largest absolute Gasteiger partial charge is 0.507 e. The fourth-order valence-corrected chi connectivity index (χ4v) is 7.77. The summed E-state index contributed by atoms with van der Waals surface area (Å²) in [7, 11) is 0. The Hall–Kier alpha value is -2.00. The molecule has 8 nitrogen and oxygen atoms in total. The molecule has 0 saturated carbocycles. The molecule has 1 aromatic rings. The number of benzene rings is 1. The Morgan fingerprint density at radius 1 is 1.09 bits per heavy atom. The number of carbonyl (C=O) groups excluding carboxylic acids is 1.